The summed E-state index contributed by atoms with van der Waals surface area (Å²) in [6, 6.07) is 0. The summed E-state index contributed by atoms with van der Waals surface area (Å²) in [4.78, 5) is 38.0. The second-order valence-electron chi connectivity index (χ2n) is 17.4. The van der Waals surface area contributed by atoms with E-state index in [0.29, 0.717) is 19.3 Å². The minimum absolute atomic E-state index is 0.102. The number of allylic oxidation sites excluding steroid dienone is 14. The summed E-state index contributed by atoms with van der Waals surface area (Å²) in [5.41, 5.74) is 0. The van der Waals surface area contributed by atoms with Crippen molar-refractivity contribution in [3.63, 3.8) is 0 Å². The van der Waals surface area contributed by atoms with Crippen LogP contribution in [0.5, 0.6) is 0 Å². The van der Waals surface area contributed by atoms with E-state index in [0.717, 1.165) is 89.9 Å². The molecular formula is C58H98O6. The number of rotatable bonds is 47. The first kappa shape index (κ1) is 60.6. The normalized spacial score (nSPS) is 12.7. The smallest absolute Gasteiger partial charge is 0.306 e. The maximum absolute atomic E-state index is 12.8. The van der Waals surface area contributed by atoms with Crippen LogP contribution in [0.2, 0.25) is 0 Å². The molecule has 0 bridgehead atoms. The van der Waals surface area contributed by atoms with Crippen LogP contribution < -0.4 is 0 Å². The Hall–Kier alpha value is -3.41. The largest absolute Gasteiger partial charge is 0.462 e. The highest BCUT2D eigenvalue weighted by Gasteiger charge is 2.19. The number of ether oxygens (including phenoxy) is 3. The monoisotopic (exact) mass is 891 g/mol. The third kappa shape index (κ3) is 49.6. The molecule has 0 aromatic rings. The van der Waals surface area contributed by atoms with E-state index in [2.05, 4.69) is 99.8 Å². The first-order chi connectivity index (χ1) is 31.5. The lowest BCUT2D eigenvalue weighted by Gasteiger charge is -2.18. The van der Waals surface area contributed by atoms with E-state index in [4.69, 9.17) is 14.2 Å². The Morgan fingerprint density at radius 2 is 0.641 bits per heavy atom. The van der Waals surface area contributed by atoms with E-state index in [9.17, 15) is 14.4 Å². The molecule has 0 heterocycles. The van der Waals surface area contributed by atoms with Crippen molar-refractivity contribution < 1.29 is 28.6 Å². The van der Waals surface area contributed by atoms with Gasteiger partial charge in [0.2, 0.25) is 0 Å². The van der Waals surface area contributed by atoms with Crippen LogP contribution in [0.25, 0.3) is 0 Å². The predicted molar refractivity (Wildman–Crippen MR) is 274 cm³/mol. The van der Waals surface area contributed by atoms with Crippen molar-refractivity contribution in [2.75, 3.05) is 13.2 Å². The molecule has 0 aromatic carbocycles. The van der Waals surface area contributed by atoms with Crippen LogP contribution in [0.15, 0.2) is 85.1 Å². The van der Waals surface area contributed by atoms with Gasteiger partial charge in [-0.25, -0.2) is 0 Å². The zero-order valence-electron chi connectivity index (χ0n) is 41.8. The third-order valence-corrected chi connectivity index (χ3v) is 11.1. The Morgan fingerprint density at radius 3 is 1.05 bits per heavy atom. The van der Waals surface area contributed by atoms with Gasteiger partial charge in [-0.05, 0) is 83.5 Å². The predicted octanol–water partition coefficient (Wildman–Crippen LogP) is 17.6. The number of carbonyl (C=O) groups excluding carboxylic acids is 3. The van der Waals surface area contributed by atoms with Crippen LogP contribution in [0.4, 0.5) is 0 Å². The van der Waals surface area contributed by atoms with Gasteiger partial charge in [0.25, 0.3) is 0 Å². The van der Waals surface area contributed by atoms with Gasteiger partial charge in [-0.2, -0.15) is 0 Å². The van der Waals surface area contributed by atoms with Crippen molar-refractivity contribution in [3.8, 4) is 0 Å². The fraction of sp³-hybridized carbons (Fsp3) is 0.707. The third-order valence-electron chi connectivity index (χ3n) is 11.1. The van der Waals surface area contributed by atoms with Crippen molar-refractivity contribution in [3.05, 3.63) is 85.1 Å². The molecule has 0 unspecified atom stereocenters. The standard InChI is InChI=1S/C58H98O6/c1-4-7-10-13-16-19-22-25-27-28-29-30-32-33-36-39-42-45-48-51-57(60)63-54-55(53-62-56(59)50-47-44-41-38-35-24-21-18-15-12-9-6-3)64-58(61)52-49-46-43-40-37-34-31-26-23-20-17-14-11-8-5-2/h7,10,16,19,25-27,29-31,33,36,42,45,55H,4-6,8-9,11-15,17-18,20-24,28,32,34-35,37-41,43-44,46-54H2,1-3H3/b10-7-,19-16-,27-25-,30-29-,31-26-,36-33-,45-42-/t55-/m1/s1. The van der Waals surface area contributed by atoms with E-state index in [1.807, 2.05) is 6.08 Å². The summed E-state index contributed by atoms with van der Waals surface area (Å²) in [6.45, 7) is 6.45. The van der Waals surface area contributed by atoms with E-state index >= 15 is 0 Å². The van der Waals surface area contributed by atoms with Crippen LogP contribution >= 0.6 is 0 Å². The first-order valence-electron chi connectivity index (χ1n) is 26.6. The molecule has 6 heteroatoms. The number of carbonyl (C=O) groups is 3. The summed E-state index contributed by atoms with van der Waals surface area (Å²) in [6.07, 6.45) is 67.2. The SMILES string of the molecule is CC/C=C\C/C=C\C/C=C\C/C=C\C/C=C\C/C=C\CCC(=O)OC[C@@H](COC(=O)CCCCCCCCCCCCCC)OC(=O)CCCCCCC/C=C\CCCCCCCC. The average molecular weight is 891 g/mol. The van der Waals surface area contributed by atoms with Crippen molar-refractivity contribution in [2.45, 2.75) is 252 Å². The molecule has 64 heavy (non-hydrogen) atoms. The summed E-state index contributed by atoms with van der Waals surface area (Å²) in [5.74, 6) is -0.997. The zero-order chi connectivity index (χ0) is 46.5. The molecule has 0 spiro atoms. The van der Waals surface area contributed by atoms with Gasteiger partial charge in [-0.3, -0.25) is 14.4 Å². The first-order valence-corrected chi connectivity index (χ1v) is 26.6. The van der Waals surface area contributed by atoms with E-state index in [1.54, 1.807) is 0 Å². The van der Waals surface area contributed by atoms with Crippen LogP contribution in [-0.2, 0) is 28.6 Å². The second-order valence-corrected chi connectivity index (χ2v) is 17.4. The highest BCUT2D eigenvalue weighted by molar-refractivity contribution is 5.71. The molecule has 0 aliphatic rings. The Balaban J connectivity index is 4.50. The van der Waals surface area contributed by atoms with Crippen molar-refractivity contribution in [2.24, 2.45) is 0 Å². The van der Waals surface area contributed by atoms with E-state index in [-0.39, 0.29) is 37.5 Å². The maximum atomic E-state index is 12.8. The Morgan fingerprint density at radius 1 is 0.328 bits per heavy atom. The topological polar surface area (TPSA) is 78.9 Å². The van der Waals surface area contributed by atoms with E-state index in [1.165, 1.54) is 109 Å². The molecule has 0 aliphatic carbocycles. The molecule has 366 valence electrons. The lowest BCUT2D eigenvalue weighted by Crippen LogP contribution is -2.30. The zero-order valence-corrected chi connectivity index (χ0v) is 41.8. The molecule has 6 nitrogen and oxygen atoms in total. The van der Waals surface area contributed by atoms with Gasteiger partial charge in [0, 0.05) is 19.3 Å². The van der Waals surface area contributed by atoms with Crippen LogP contribution in [0.1, 0.15) is 245 Å². The summed E-state index contributed by atoms with van der Waals surface area (Å²) >= 11 is 0. The molecule has 0 rings (SSSR count). The van der Waals surface area contributed by atoms with E-state index < -0.39 is 6.10 Å². The second kappa shape index (κ2) is 52.2. The Labute approximate surface area is 395 Å². The minimum atomic E-state index is -0.809. The molecular weight excluding hydrogens is 793 g/mol. The van der Waals surface area contributed by atoms with Crippen LogP contribution in [0, 0.1) is 0 Å². The van der Waals surface area contributed by atoms with Crippen LogP contribution in [0.3, 0.4) is 0 Å². The lowest BCUT2D eigenvalue weighted by molar-refractivity contribution is -0.166. The highest BCUT2D eigenvalue weighted by Crippen LogP contribution is 2.14. The van der Waals surface area contributed by atoms with Gasteiger partial charge in [-0.15, -0.1) is 0 Å². The molecule has 0 aliphatic heterocycles. The van der Waals surface area contributed by atoms with Gasteiger partial charge in [0.05, 0.1) is 0 Å². The van der Waals surface area contributed by atoms with Gasteiger partial charge < -0.3 is 14.2 Å². The van der Waals surface area contributed by atoms with Gasteiger partial charge in [0.15, 0.2) is 6.10 Å². The Kier molecular flexibility index (Phi) is 49.4. The highest BCUT2D eigenvalue weighted by atomic mass is 16.6. The van der Waals surface area contributed by atoms with Crippen LogP contribution in [-0.4, -0.2) is 37.2 Å². The molecule has 0 amide bonds. The van der Waals surface area contributed by atoms with Crippen molar-refractivity contribution >= 4 is 17.9 Å². The molecule has 0 N–H and O–H groups in total. The summed E-state index contributed by atoms with van der Waals surface area (Å²) in [7, 11) is 0. The summed E-state index contributed by atoms with van der Waals surface area (Å²) in [5, 5.41) is 0. The molecule has 0 fully saturated rings. The average Bonchev–Trinajstić information content (AvgIpc) is 3.29. The number of esters is 3. The minimum Gasteiger partial charge on any atom is -0.462 e. The van der Waals surface area contributed by atoms with Crippen molar-refractivity contribution in [1.82, 2.24) is 0 Å². The maximum Gasteiger partial charge on any atom is 0.306 e. The molecule has 0 radical (unpaired) electrons. The molecule has 1 atom stereocenters. The van der Waals surface area contributed by atoms with Gasteiger partial charge in [0.1, 0.15) is 13.2 Å². The lowest BCUT2D eigenvalue weighted by atomic mass is 10.0. The molecule has 0 aromatic heterocycles. The molecule has 0 saturated carbocycles. The number of hydrogen-bond acceptors (Lipinski definition) is 6. The number of unbranched alkanes of at least 4 members (excludes halogenated alkanes) is 22. The fourth-order valence-electron chi connectivity index (χ4n) is 7.17. The van der Waals surface area contributed by atoms with Crippen molar-refractivity contribution in [1.29, 1.82) is 0 Å². The van der Waals surface area contributed by atoms with Gasteiger partial charge >= 0.3 is 17.9 Å². The quantitative estimate of drug-likeness (QED) is 0.0262. The van der Waals surface area contributed by atoms with Gasteiger partial charge in [-0.1, -0.05) is 228 Å². The number of hydrogen-bond donors (Lipinski definition) is 0. The molecule has 0 saturated heterocycles. The fourth-order valence-corrected chi connectivity index (χ4v) is 7.17. The summed E-state index contributed by atoms with van der Waals surface area (Å²) < 4.78 is 16.7. The Bertz CT molecular complexity index is 1250.